The van der Waals surface area contributed by atoms with Gasteiger partial charge in [0.1, 0.15) is 0 Å². The largest absolute Gasteiger partial charge is 0.390 e. The van der Waals surface area contributed by atoms with Crippen LogP contribution in [0.2, 0.25) is 0 Å². The number of ether oxygens (including phenoxy) is 1. The summed E-state index contributed by atoms with van der Waals surface area (Å²) in [5, 5.41) is 20.6. The van der Waals surface area contributed by atoms with Crippen LogP contribution in [0.1, 0.15) is 5.82 Å². The van der Waals surface area contributed by atoms with Gasteiger partial charge in [0.05, 0.1) is 19.3 Å². The molecule has 1 N–H and O–H groups in total. The maximum absolute atomic E-state index is 9.48. The van der Waals surface area contributed by atoms with E-state index in [0.717, 1.165) is 5.82 Å². The maximum atomic E-state index is 9.48. The normalized spacial score (nSPS) is 28.2. The van der Waals surface area contributed by atoms with E-state index < -0.39 is 0 Å². The van der Waals surface area contributed by atoms with E-state index in [0.29, 0.717) is 19.6 Å². The van der Waals surface area contributed by atoms with Crippen LogP contribution in [0.5, 0.6) is 0 Å². The lowest BCUT2D eigenvalue weighted by molar-refractivity contribution is 0.118. The summed E-state index contributed by atoms with van der Waals surface area (Å²) in [5.41, 5.74) is 0. The van der Waals surface area contributed by atoms with Crippen molar-refractivity contribution >= 4 is 0 Å². The highest BCUT2D eigenvalue weighted by Gasteiger charge is 2.27. The average molecular weight is 184 g/mol. The smallest absolute Gasteiger partial charge is 0.151 e. The number of hydrogen-bond donors (Lipinski definition) is 1. The third-order valence-electron chi connectivity index (χ3n) is 2.32. The first-order valence-electron chi connectivity index (χ1n) is 4.24. The monoisotopic (exact) mass is 184 g/mol. The highest BCUT2D eigenvalue weighted by Crippen LogP contribution is 2.16. The predicted octanol–water partition coefficient (Wildman–Crippen LogP) is -1.24. The van der Waals surface area contributed by atoms with Crippen LogP contribution in [0.25, 0.3) is 0 Å². The standard InChI is InChI=1S/C7H12N4O2/c1-11-7(8-9-10-11)2-5-3-13-4-6(5)12/h5-6,12H,2-4H2,1H3/t5-,6-/m1/s1. The summed E-state index contributed by atoms with van der Waals surface area (Å²) in [4.78, 5) is 0. The fourth-order valence-electron chi connectivity index (χ4n) is 1.44. The van der Waals surface area contributed by atoms with Crippen LogP contribution < -0.4 is 0 Å². The third-order valence-corrected chi connectivity index (χ3v) is 2.32. The van der Waals surface area contributed by atoms with Crippen molar-refractivity contribution in [3.63, 3.8) is 0 Å². The molecule has 0 aliphatic carbocycles. The zero-order valence-corrected chi connectivity index (χ0v) is 7.42. The van der Waals surface area contributed by atoms with Crippen LogP contribution in [0, 0.1) is 5.92 Å². The predicted molar refractivity (Wildman–Crippen MR) is 42.8 cm³/mol. The molecule has 0 aromatic carbocycles. The van der Waals surface area contributed by atoms with Crippen molar-refractivity contribution < 1.29 is 9.84 Å². The molecule has 2 heterocycles. The average Bonchev–Trinajstić information content (AvgIpc) is 2.65. The second-order valence-electron chi connectivity index (χ2n) is 3.29. The van der Waals surface area contributed by atoms with Gasteiger partial charge in [0.2, 0.25) is 0 Å². The Morgan fingerprint density at radius 2 is 2.46 bits per heavy atom. The van der Waals surface area contributed by atoms with E-state index in [1.165, 1.54) is 0 Å². The van der Waals surface area contributed by atoms with Gasteiger partial charge in [0.15, 0.2) is 5.82 Å². The van der Waals surface area contributed by atoms with Gasteiger partial charge in [-0.25, -0.2) is 4.68 Å². The van der Waals surface area contributed by atoms with E-state index in [9.17, 15) is 5.11 Å². The second-order valence-corrected chi connectivity index (χ2v) is 3.29. The van der Waals surface area contributed by atoms with E-state index in [-0.39, 0.29) is 12.0 Å². The van der Waals surface area contributed by atoms with Crippen LogP contribution in [0.4, 0.5) is 0 Å². The number of aliphatic hydroxyl groups excluding tert-OH is 1. The molecule has 0 radical (unpaired) electrons. The Kier molecular flexibility index (Phi) is 2.24. The summed E-state index contributed by atoms with van der Waals surface area (Å²) >= 11 is 0. The van der Waals surface area contributed by atoms with Gasteiger partial charge < -0.3 is 9.84 Å². The highest BCUT2D eigenvalue weighted by molar-refractivity contribution is 4.87. The van der Waals surface area contributed by atoms with Gasteiger partial charge in [-0.2, -0.15) is 0 Å². The van der Waals surface area contributed by atoms with Crippen molar-refractivity contribution in [2.75, 3.05) is 13.2 Å². The molecule has 1 saturated heterocycles. The first-order chi connectivity index (χ1) is 6.27. The fraction of sp³-hybridized carbons (Fsp3) is 0.857. The molecule has 13 heavy (non-hydrogen) atoms. The van der Waals surface area contributed by atoms with Gasteiger partial charge in [0.25, 0.3) is 0 Å². The van der Waals surface area contributed by atoms with Crippen molar-refractivity contribution in [2.24, 2.45) is 13.0 Å². The Morgan fingerprint density at radius 3 is 3.00 bits per heavy atom. The van der Waals surface area contributed by atoms with E-state index in [4.69, 9.17) is 4.74 Å². The van der Waals surface area contributed by atoms with Crippen molar-refractivity contribution in [3.8, 4) is 0 Å². The summed E-state index contributed by atoms with van der Waals surface area (Å²) in [6, 6.07) is 0. The number of nitrogens with zero attached hydrogens (tertiary/aromatic N) is 4. The number of aliphatic hydroxyl groups is 1. The molecule has 0 bridgehead atoms. The minimum absolute atomic E-state index is 0.129. The van der Waals surface area contributed by atoms with Crippen molar-refractivity contribution in [1.29, 1.82) is 0 Å². The van der Waals surface area contributed by atoms with Crippen LogP contribution in [-0.2, 0) is 18.2 Å². The lowest BCUT2D eigenvalue weighted by Gasteiger charge is -2.09. The lowest BCUT2D eigenvalue weighted by atomic mass is 10.0. The molecule has 6 heteroatoms. The molecule has 2 atom stereocenters. The molecule has 2 rings (SSSR count). The Balaban J connectivity index is 2.01. The molecule has 0 saturated carbocycles. The van der Waals surface area contributed by atoms with Crippen LogP contribution >= 0.6 is 0 Å². The number of hydrogen-bond acceptors (Lipinski definition) is 5. The number of rotatable bonds is 2. The number of aromatic nitrogens is 4. The highest BCUT2D eigenvalue weighted by atomic mass is 16.5. The molecular weight excluding hydrogens is 172 g/mol. The minimum Gasteiger partial charge on any atom is -0.390 e. The molecule has 1 aliphatic rings. The van der Waals surface area contributed by atoms with E-state index in [1.807, 2.05) is 0 Å². The SMILES string of the molecule is Cn1nnnc1C[C@@H]1COC[C@H]1O. The zero-order chi connectivity index (χ0) is 9.26. The van der Waals surface area contributed by atoms with Gasteiger partial charge >= 0.3 is 0 Å². The second kappa shape index (κ2) is 3.39. The topological polar surface area (TPSA) is 73.1 Å². The molecule has 72 valence electrons. The Morgan fingerprint density at radius 1 is 1.62 bits per heavy atom. The molecule has 1 fully saturated rings. The summed E-state index contributed by atoms with van der Waals surface area (Å²) in [5.74, 6) is 0.916. The van der Waals surface area contributed by atoms with Gasteiger partial charge in [-0.05, 0) is 10.4 Å². The summed E-state index contributed by atoms with van der Waals surface area (Å²) in [6.07, 6.45) is 0.293. The maximum Gasteiger partial charge on any atom is 0.151 e. The first kappa shape index (κ1) is 8.58. The quantitative estimate of drug-likeness (QED) is 0.622. The van der Waals surface area contributed by atoms with Crippen molar-refractivity contribution in [3.05, 3.63) is 5.82 Å². The molecule has 1 aromatic rings. The van der Waals surface area contributed by atoms with Crippen molar-refractivity contribution in [1.82, 2.24) is 20.2 Å². The van der Waals surface area contributed by atoms with Crippen molar-refractivity contribution in [2.45, 2.75) is 12.5 Å². The molecule has 6 nitrogen and oxygen atoms in total. The van der Waals surface area contributed by atoms with E-state index in [1.54, 1.807) is 11.7 Å². The molecule has 0 spiro atoms. The van der Waals surface area contributed by atoms with Gasteiger partial charge in [-0.3, -0.25) is 0 Å². The van der Waals surface area contributed by atoms with Gasteiger partial charge in [-0.1, -0.05) is 0 Å². The molecule has 1 aliphatic heterocycles. The van der Waals surface area contributed by atoms with Crippen LogP contribution in [0.15, 0.2) is 0 Å². The first-order valence-corrected chi connectivity index (χ1v) is 4.24. The fourth-order valence-corrected chi connectivity index (χ4v) is 1.44. The molecule has 1 aromatic heterocycles. The van der Waals surface area contributed by atoms with Crippen LogP contribution in [-0.4, -0.2) is 44.6 Å². The molecular formula is C7H12N4O2. The van der Waals surface area contributed by atoms with Crippen LogP contribution in [0.3, 0.4) is 0 Å². The van der Waals surface area contributed by atoms with E-state index in [2.05, 4.69) is 15.5 Å². The minimum atomic E-state index is -0.378. The number of aryl methyl sites for hydroxylation is 1. The Hall–Kier alpha value is -1.01. The number of tetrazole rings is 1. The molecule has 0 unspecified atom stereocenters. The summed E-state index contributed by atoms with van der Waals surface area (Å²) in [7, 11) is 1.79. The lowest BCUT2D eigenvalue weighted by Crippen LogP contribution is -2.21. The van der Waals surface area contributed by atoms with Gasteiger partial charge in [0, 0.05) is 19.4 Å². The summed E-state index contributed by atoms with van der Waals surface area (Å²) in [6.45, 7) is 1.02. The Labute approximate surface area is 75.5 Å². The third kappa shape index (κ3) is 1.68. The summed E-state index contributed by atoms with van der Waals surface area (Å²) < 4.78 is 6.75. The van der Waals surface area contributed by atoms with E-state index >= 15 is 0 Å². The Bertz CT molecular complexity index is 288. The molecule has 0 amide bonds. The zero-order valence-electron chi connectivity index (χ0n) is 7.42. The van der Waals surface area contributed by atoms with Gasteiger partial charge in [-0.15, -0.1) is 5.10 Å².